The van der Waals surface area contributed by atoms with Crippen LogP contribution in [0.3, 0.4) is 0 Å². The van der Waals surface area contributed by atoms with Crippen LogP contribution in [0.2, 0.25) is 0 Å². The Balaban J connectivity index is 1.86. The Bertz CT molecular complexity index is 996. The summed E-state index contributed by atoms with van der Waals surface area (Å²) < 4.78 is 0. The smallest absolute Gasteiger partial charge is 0.232 e. The number of hydrogen-bond donors (Lipinski definition) is 0. The molecule has 0 saturated carbocycles. The van der Waals surface area contributed by atoms with Crippen molar-refractivity contribution in [3.63, 3.8) is 0 Å². The first kappa shape index (κ1) is 17.2. The molecule has 4 nitrogen and oxygen atoms in total. The third-order valence-electron chi connectivity index (χ3n) is 5.49. The van der Waals surface area contributed by atoms with Gasteiger partial charge in [0.25, 0.3) is 0 Å². The lowest BCUT2D eigenvalue weighted by Crippen LogP contribution is -2.40. The normalized spacial score (nSPS) is 19.7. The molecule has 1 unspecified atom stereocenters. The Labute approximate surface area is 158 Å². The first-order valence-electron chi connectivity index (χ1n) is 9.25. The highest BCUT2D eigenvalue weighted by Gasteiger charge is 2.39. The molecule has 2 aliphatic rings. The van der Waals surface area contributed by atoms with Gasteiger partial charge in [0.05, 0.1) is 11.6 Å². The zero-order valence-corrected chi connectivity index (χ0v) is 15.2. The largest absolute Gasteiger partial charge is 0.294 e. The number of hydrogen-bond acceptors (Lipinski definition) is 3. The molecule has 134 valence electrons. The number of Topliss-reactive ketones (excluding diaryl/α,β-unsaturated/α-hetero) is 1. The van der Waals surface area contributed by atoms with Crippen LogP contribution in [-0.4, -0.2) is 11.7 Å². The van der Waals surface area contributed by atoms with Crippen molar-refractivity contribution in [2.75, 3.05) is 4.90 Å². The predicted molar refractivity (Wildman–Crippen MR) is 103 cm³/mol. The van der Waals surface area contributed by atoms with Crippen LogP contribution in [0.15, 0.2) is 59.8 Å². The molecular weight excluding hydrogens is 336 g/mol. The van der Waals surface area contributed by atoms with Gasteiger partial charge in [0.2, 0.25) is 5.91 Å². The molecule has 0 aromatic heterocycles. The number of nitrogens with zero attached hydrogens (tertiary/aromatic N) is 2. The van der Waals surface area contributed by atoms with Crippen molar-refractivity contribution >= 4 is 17.4 Å². The second-order valence-corrected chi connectivity index (χ2v) is 7.14. The maximum atomic E-state index is 13.1. The van der Waals surface area contributed by atoms with Gasteiger partial charge in [0.1, 0.15) is 0 Å². The molecule has 1 amide bonds. The second kappa shape index (κ2) is 6.85. The maximum Gasteiger partial charge on any atom is 0.232 e. The van der Waals surface area contributed by atoms with E-state index in [1.807, 2.05) is 31.2 Å². The summed E-state index contributed by atoms with van der Waals surface area (Å²) >= 11 is 0. The third kappa shape index (κ3) is 2.96. The van der Waals surface area contributed by atoms with Crippen LogP contribution in [0.5, 0.6) is 0 Å². The standard InChI is InChI=1S/C23H20N2O2/c1-15-5-2-3-6-18(15)19-13-22(27)25(17-11-9-16(14-24)10-12-17)20-7-4-8-21(26)23(19)20/h2-3,5-6,9-12,19H,4,7-8,13H2,1H3. The van der Waals surface area contributed by atoms with Crippen molar-refractivity contribution in [1.82, 2.24) is 0 Å². The molecule has 0 radical (unpaired) electrons. The van der Waals surface area contributed by atoms with Crippen LogP contribution in [0.4, 0.5) is 5.69 Å². The molecule has 0 spiro atoms. The van der Waals surface area contributed by atoms with E-state index in [0.717, 1.165) is 40.9 Å². The first-order chi connectivity index (χ1) is 13.1. The fourth-order valence-electron chi connectivity index (χ4n) is 4.22. The monoisotopic (exact) mass is 356 g/mol. The van der Waals surface area contributed by atoms with E-state index in [1.54, 1.807) is 29.2 Å². The summed E-state index contributed by atoms with van der Waals surface area (Å²) in [5.74, 6) is -0.0202. The van der Waals surface area contributed by atoms with Crippen LogP contribution < -0.4 is 4.90 Å². The van der Waals surface area contributed by atoms with E-state index in [0.29, 0.717) is 12.0 Å². The molecule has 4 heteroatoms. The zero-order valence-electron chi connectivity index (χ0n) is 15.2. The minimum Gasteiger partial charge on any atom is -0.294 e. The summed E-state index contributed by atoms with van der Waals surface area (Å²) in [4.78, 5) is 27.7. The SMILES string of the molecule is Cc1ccccc1C1CC(=O)N(c2ccc(C#N)cc2)C2=C1C(=O)CCC2. The molecule has 2 aromatic carbocycles. The van der Waals surface area contributed by atoms with Crippen LogP contribution >= 0.6 is 0 Å². The first-order valence-corrected chi connectivity index (χ1v) is 9.25. The van der Waals surface area contributed by atoms with Crippen molar-refractivity contribution in [2.45, 2.75) is 38.5 Å². The van der Waals surface area contributed by atoms with Gasteiger partial charge < -0.3 is 0 Å². The summed E-state index contributed by atoms with van der Waals surface area (Å²) in [5, 5.41) is 9.02. The number of amides is 1. The molecule has 1 aliphatic carbocycles. The van der Waals surface area contributed by atoms with Gasteiger partial charge in [0.15, 0.2) is 5.78 Å². The molecule has 0 N–H and O–H groups in total. The summed E-state index contributed by atoms with van der Waals surface area (Å²) in [7, 11) is 0. The van der Waals surface area contributed by atoms with Gasteiger partial charge in [-0.25, -0.2) is 0 Å². The molecule has 4 rings (SSSR count). The molecule has 27 heavy (non-hydrogen) atoms. The molecule has 2 aromatic rings. The molecule has 1 heterocycles. The van der Waals surface area contributed by atoms with E-state index < -0.39 is 0 Å². The van der Waals surface area contributed by atoms with Crippen LogP contribution in [-0.2, 0) is 9.59 Å². The van der Waals surface area contributed by atoms with E-state index in [2.05, 4.69) is 6.07 Å². The van der Waals surface area contributed by atoms with Crippen molar-refractivity contribution in [2.24, 2.45) is 0 Å². The molecule has 1 aliphatic heterocycles. The molecular formula is C23H20N2O2. The summed E-state index contributed by atoms with van der Waals surface area (Å²) in [5.41, 5.74) is 5.07. The lowest BCUT2D eigenvalue weighted by molar-refractivity contribution is -0.119. The van der Waals surface area contributed by atoms with E-state index in [-0.39, 0.29) is 24.0 Å². The quantitative estimate of drug-likeness (QED) is 0.801. The van der Waals surface area contributed by atoms with Crippen LogP contribution in [0.1, 0.15) is 48.3 Å². The van der Waals surface area contributed by atoms with Crippen LogP contribution in [0, 0.1) is 18.3 Å². The lowest BCUT2D eigenvalue weighted by atomic mass is 9.76. The highest BCUT2D eigenvalue weighted by molar-refractivity contribution is 6.07. The van der Waals surface area contributed by atoms with Gasteiger partial charge in [-0.1, -0.05) is 24.3 Å². The van der Waals surface area contributed by atoms with E-state index in [9.17, 15) is 9.59 Å². The number of ketones is 1. The number of anilines is 1. The van der Waals surface area contributed by atoms with E-state index >= 15 is 0 Å². The Kier molecular flexibility index (Phi) is 4.37. The number of aryl methyl sites for hydroxylation is 1. The number of allylic oxidation sites excluding steroid dienone is 2. The van der Waals surface area contributed by atoms with Gasteiger partial charge in [-0.15, -0.1) is 0 Å². The Morgan fingerprint density at radius 3 is 2.48 bits per heavy atom. The highest BCUT2D eigenvalue weighted by Crippen LogP contribution is 2.44. The van der Waals surface area contributed by atoms with Gasteiger partial charge in [0, 0.05) is 35.7 Å². The topological polar surface area (TPSA) is 61.2 Å². The predicted octanol–water partition coefficient (Wildman–Crippen LogP) is 4.39. The lowest BCUT2D eigenvalue weighted by Gasteiger charge is -2.38. The average molecular weight is 356 g/mol. The van der Waals surface area contributed by atoms with Crippen molar-refractivity contribution in [3.8, 4) is 6.07 Å². The molecule has 0 fully saturated rings. The molecule has 0 bridgehead atoms. The molecule has 0 saturated heterocycles. The summed E-state index contributed by atoms with van der Waals surface area (Å²) in [6.07, 6.45) is 2.31. The Hall–Kier alpha value is -3.19. The maximum absolute atomic E-state index is 13.1. The third-order valence-corrected chi connectivity index (χ3v) is 5.49. The van der Waals surface area contributed by atoms with E-state index in [1.165, 1.54) is 0 Å². The number of rotatable bonds is 2. The average Bonchev–Trinajstić information content (AvgIpc) is 2.68. The van der Waals surface area contributed by atoms with Gasteiger partial charge in [-0.3, -0.25) is 14.5 Å². The van der Waals surface area contributed by atoms with Crippen molar-refractivity contribution in [1.29, 1.82) is 5.26 Å². The summed E-state index contributed by atoms with van der Waals surface area (Å²) in [6.45, 7) is 2.03. The number of nitriles is 1. The second-order valence-electron chi connectivity index (χ2n) is 7.14. The van der Waals surface area contributed by atoms with Gasteiger partial charge in [-0.05, 0) is 55.2 Å². The number of carbonyl (C=O) groups excluding carboxylic acids is 2. The molecule has 1 atom stereocenters. The minimum absolute atomic E-state index is 0.00131. The Morgan fingerprint density at radius 2 is 1.78 bits per heavy atom. The fraction of sp³-hybridized carbons (Fsp3) is 0.261. The Morgan fingerprint density at radius 1 is 1.04 bits per heavy atom. The minimum atomic E-state index is -0.170. The van der Waals surface area contributed by atoms with Gasteiger partial charge in [-0.2, -0.15) is 5.26 Å². The van der Waals surface area contributed by atoms with Crippen molar-refractivity contribution in [3.05, 3.63) is 76.5 Å². The summed E-state index contributed by atoms with van der Waals surface area (Å²) in [6, 6.07) is 17.1. The van der Waals surface area contributed by atoms with Crippen molar-refractivity contribution < 1.29 is 9.59 Å². The van der Waals surface area contributed by atoms with Crippen LogP contribution in [0.25, 0.3) is 0 Å². The van der Waals surface area contributed by atoms with Gasteiger partial charge >= 0.3 is 0 Å². The van der Waals surface area contributed by atoms with E-state index in [4.69, 9.17) is 5.26 Å². The number of carbonyl (C=O) groups is 2. The highest BCUT2D eigenvalue weighted by atomic mass is 16.2. The zero-order chi connectivity index (χ0) is 19.0. The fourth-order valence-corrected chi connectivity index (χ4v) is 4.22. The number of benzene rings is 2.